The number of benzene rings is 2. The molecule has 0 saturated heterocycles. The zero-order valence-electron chi connectivity index (χ0n) is 12.5. The molecule has 0 unspecified atom stereocenters. The van der Waals surface area contributed by atoms with E-state index in [0.717, 1.165) is 16.7 Å². The van der Waals surface area contributed by atoms with Crippen molar-refractivity contribution in [3.63, 3.8) is 0 Å². The zero-order valence-corrected chi connectivity index (χ0v) is 12.5. The zero-order chi connectivity index (χ0) is 16.7. The molecule has 2 rings (SSSR count). The number of anilines is 1. The number of alkyl halides is 3. The summed E-state index contributed by atoms with van der Waals surface area (Å²) in [6, 6.07) is 14.7. The first-order valence-corrected chi connectivity index (χ1v) is 7.25. The second-order valence-electron chi connectivity index (χ2n) is 5.15. The van der Waals surface area contributed by atoms with Crippen LogP contribution in [0.25, 0.3) is 12.2 Å². The highest BCUT2D eigenvalue weighted by molar-refractivity contribution is 5.70. The van der Waals surface area contributed by atoms with Gasteiger partial charge in [0, 0.05) is 12.2 Å². The summed E-state index contributed by atoms with van der Waals surface area (Å²) in [7, 11) is 0. The summed E-state index contributed by atoms with van der Waals surface area (Å²) in [5.74, 6) is 0. The summed E-state index contributed by atoms with van der Waals surface area (Å²) in [6.07, 6.45) is -1.16. The fourth-order valence-corrected chi connectivity index (χ4v) is 2.05. The fourth-order valence-electron chi connectivity index (χ4n) is 2.05. The molecule has 0 aromatic heterocycles. The number of hydrogen-bond donors (Lipinski definition) is 2. The van der Waals surface area contributed by atoms with Crippen LogP contribution >= 0.6 is 0 Å². The molecule has 0 radical (unpaired) electrons. The Bertz CT molecular complexity index is 648. The minimum Gasteiger partial charge on any atom is -0.392 e. The predicted octanol–water partition coefficient (Wildman–Crippen LogP) is 4.71. The molecule has 0 aliphatic carbocycles. The van der Waals surface area contributed by atoms with E-state index in [9.17, 15) is 13.2 Å². The summed E-state index contributed by atoms with van der Waals surface area (Å²) < 4.78 is 36.2. The van der Waals surface area contributed by atoms with Crippen molar-refractivity contribution in [1.29, 1.82) is 0 Å². The van der Waals surface area contributed by atoms with Crippen LogP contribution in [0.4, 0.5) is 18.9 Å². The number of nitrogens with one attached hydrogen (secondary N) is 1. The summed E-state index contributed by atoms with van der Waals surface area (Å²) in [5, 5.41) is 11.8. The Morgan fingerprint density at radius 3 is 2.30 bits per heavy atom. The van der Waals surface area contributed by atoms with Gasteiger partial charge >= 0.3 is 6.18 Å². The SMILES string of the molecule is OCc1cccc(C=Cc2ccc(NCCC(F)(F)F)cc2)c1. The van der Waals surface area contributed by atoms with E-state index in [4.69, 9.17) is 5.11 Å². The Morgan fingerprint density at radius 1 is 0.957 bits per heavy atom. The van der Waals surface area contributed by atoms with Gasteiger partial charge in [0.05, 0.1) is 13.0 Å². The molecule has 5 heteroatoms. The normalized spacial score (nSPS) is 11.8. The van der Waals surface area contributed by atoms with Crippen LogP contribution < -0.4 is 5.32 Å². The van der Waals surface area contributed by atoms with Gasteiger partial charge in [0.25, 0.3) is 0 Å². The van der Waals surface area contributed by atoms with Gasteiger partial charge in [0.15, 0.2) is 0 Å². The highest BCUT2D eigenvalue weighted by atomic mass is 19.4. The molecule has 0 atom stereocenters. The van der Waals surface area contributed by atoms with Crippen molar-refractivity contribution in [3.8, 4) is 0 Å². The Hall–Kier alpha value is -2.27. The highest BCUT2D eigenvalue weighted by Crippen LogP contribution is 2.20. The molecule has 0 spiro atoms. The number of hydrogen-bond acceptors (Lipinski definition) is 2. The average molecular weight is 321 g/mol. The van der Waals surface area contributed by atoms with Crippen molar-refractivity contribution < 1.29 is 18.3 Å². The number of rotatable bonds is 6. The fraction of sp³-hybridized carbons (Fsp3) is 0.222. The minimum atomic E-state index is -4.14. The molecule has 2 aromatic carbocycles. The van der Waals surface area contributed by atoms with E-state index in [0.29, 0.717) is 5.69 Å². The lowest BCUT2D eigenvalue weighted by Crippen LogP contribution is -2.14. The smallest absolute Gasteiger partial charge is 0.390 e. The van der Waals surface area contributed by atoms with Crippen molar-refractivity contribution >= 4 is 17.8 Å². The number of aliphatic hydroxyl groups is 1. The molecule has 0 aliphatic heterocycles. The molecule has 0 aliphatic rings. The first-order chi connectivity index (χ1) is 11.0. The number of halogens is 3. The molecular weight excluding hydrogens is 303 g/mol. The molecule has 2 N–H and O–H groups in total. The summed E-state index contributed by atoms with van der Waals surface area (Å²) >= 11 is 0. The van der Waals surface area contributed by atoms with Crippen molar-refractivity contribution in [2.45, 2.75) is 19.2 Å². The lowest BCUT2D eigenvalue weighted by molar-refractivity contribution is -0.131. The lowest BCUT2D eigenvalue weighted by Gasteiger charge is -2.08. The minimum absolute atomic E-state index is 0.0000277. The molecule has 0 saturated carbocycles. The summed E-state index contributed by atoms with van der Waals surface area (Å²) in [6.45, 7) is -0.132. The summed E-state index contributed by atoms with van der Waals surface area (Å²) in [5.41, 5.74) is 3.43. The predicted molar refractivity (Wildman–Crippen MR) is 86.9 cm³/mol. The molecule has 23 heavy (non-hydrogen) atoms. The molecule has 2 nitrogen and oxygen atoms in total. The maximum Gasteiger partial charge on any atom is 0.390 e. The van der Waals surface area contributed by atoms with E-state index in [-0.39, 0.29) is 13.2 Å². The quantitative estimate of drug-likeness (QED) is 0.755. The van der Waals surface area contributed by atoms with Crippen LogP contribution in [0.5, 0.6) is 0 Å². The third-order valence-corrected chi connectivity index (χ3v) is 3.25. The first-order valence-electron chi connectivity index (χ1n) is 7.25. The maximum absolute atomic E-state index is 12.1. The largest absolute Gasteiger partial charge is 0.392 e. The van der Waals surface area contributed by atoms with Gasteiger partial charge in [-0.15, -0.1) is 0 Å². The molecule has 0 bridgehead atoms. The summed E-state index contributed by atoms with van der Waals surface area (Å²) in [4.78, 5) is 0. The van der Waals surface area contributed by atoms with Gasteiger partial charge in [-0.3, -0.25) is 0 Å². The van der Waals surface area contributed by atoms with Crippen LogP contribution in [0.2, 0.25) is 0 Å². The van der Waals surface area contributed by atoms with Gasteiger partial charge in [0.1, 0.15) is 0 Å². The van der Waals surface area contributed by atoms with E-state index < -0.39 is 12.6 Å². The lowest BCUT2D eigenvalue weighted by atomic mass is 10.1. The second kappa shape index (κ2) is 7.83. The van der Waals surface area contributed by atoms with E-state index in [2.05, 4.69) is 5.32 Å². The van der Waals surface area contributed by atoms with Gasteiger partial charge in [0.2, 0.25) is 0 Å². The third kappa shape index (κ3) is 6.16. The van der Waals surface area contributed by atoms with E-state index >= 15 is 0 Å². The Kier molecular flexibility index (Phi) is 5.82. The van der Waals surface area contributed by atoms with E-state index in [1.807, 2.05) is 48.6 Å². The van der Waals surface area contributed by atoms with Crippen molar-refractivity contribution in [2.24, 2.45) is 0 Å². The first kappa shape index (κ1) is 17.1. The van der Waals surface area contributed by atoms with Crippen LogP contribution in [-0.4, -0.2) is 17.8 Å². The molecule has 0 heterocycles. The van der Waals surface area contributed by atoms with Gasteiger partial charge in [-0.25, -0.2) is 0 Å². The Balaban J connectivity index is 1.92. The molecule has 0 fully saturated rings. The van der Waals surface area contributed by atoms with Gasteiger partial charge in [-0.05, 0) is 34.9 Å². The Labute approximate surface area is 133 Å². The van der Waals surface area contributed by atoms with Crippen LogP contribution in [0, 0.1) is 0 Å². The van der Waals surface area contributed by atoms with Crippen molar-refractivity contribution in [1.82, 2.24) is 0 Å². The highest BCUT2D eigenvalue weighted by Gasteiger charge is 2.25. The van der Waals surface area contributed by atoms with Crippen molar-refractivity contribution in [2.75, 3.05) is 11.9 Å². The second-order valence-corrected chi connectivity index (χ2v) is 5.15. The van der Waals surface area contributed by atoms with E-state index in [1.165, 1.54) is 0 Å². The van der Waals surface area contributed by atoms with Crippen LogP contribution in [0.3, 0.4) is 0 Å². The average Bonchev–Trinajstić information content (AvgIpc) is 2.53. The standard InChI is InChI=1S/C18H18F3NO/c19-18(20,21)10-11-22-17-8-6-14(7-9-17)4-5-15-2-1-3-16(12-15)13-23/h1-9,12,22-23H,10-11,13H2. The Morgan fingerprint density at radius 2 is 1.65 bits per heavy atom. The van der Waals surface area contributed by atoms with Crippen molar-refractivity contribution in [3.05, 3.63) is 65.2 Å². The van der Waals surface area contributed by atoms with Crippen LogP contribution in [0.1, 0.15) is 23.1 Å². The van der Waals surface area contributed by atoms with E-state index in [1.54, 1.807) is 12.1 Å². The van der Waals surface area contributed by atoms with Gasteiger partial charge in [-0.1, -0.05) is 42.5 Å². The third-order valence-electron chi connectivity index (χ3n) is 3.25. The van der Waals surface area contributed by atoms with Gasteiger partial charge < -0.3 is 10.4 Å². The molecule has 122 valence electrons. The molecule has 0 amide bonds. The topological polar surface area (TPSA) is 32.3 Å². The molecular formula is C18H18F3NO. The van der Waals surface area contributed by atoms with Gasteiger partial charge in [-0.2, -0.15) is 13.2 Å². The maximum atomic E-state index is 12.1. The van der Waals surface area contributed by atoms with Crippen LogP contribution in [-0.2, 0) is 6.61 Å². The molecule has 2 aromatic rings. The monoisotopic (exact) mass is 321 g/mol. The van der Waals surface area contributed by atoms with Crippen LogP contribution in [0.15, 0.2) is 48.5 Å². The number of aliphatic hydroxyl groups excluding tert-OH is 1.